The number of para-hydroxylation sites is 1. The maximum absolute atomic E-state index is 11.7. The van der Waals surface area contributed by atoms with Crippen LogP contribution >= 0.6 is 0 Å². The predicted octanol–water partition coefficient (Wildman–Crippen LogP) is 3.57. The van der Waals surface area contributed by atoms with Gasteiger partial charge < -0.3 is 9.47 Å². The van der Waals surface area contributed by atoms with Crippen molar-refractivity contribution in [2.75, 3.05) is 6.61 Å². The lowest BCUT2D eigenvalue weighted by molar-refractivity contribution is -0.385. The number of hydrogen-bond donors (Lipinski definition) is 0. The average Bonchev–Trinajstić information content (AvgIpc) is 3.21. The van der Waals surface area contributed by atoms with Crippen LogP contribution in [0, 0.1) is 22.0 Å². The minimum Gasteiger partial charge on any atom is -0.457 e. The number of benzene rings is 2. The van der Waals surface area contributed by atoms with Crippen LogP contribution in [0.25, 0.3) is 0 Å². The molecular weight excluding hydrogens is 374 g/mol. The summed E-state index contributed by atoms with van der Waals surface area (Å²) in [7, 11) is 0. The Hall–Kier alpha value is -4.12. The molecule has 0 saturated heterocycles. The van der Waals surface area contributed by atoms with Gasteiger partial charge in [-0.3, -0.25) is 19.6 Å². The number of aromatic nitrogens is 2. The van der Waals surface area contributed by atoms with Crippen LogP contribution in [0.1, 0.15) is 12.0 Å². The van der Waals surface area contributed by atoms with Crippen molar-refractivity contribution in [1.82, 2.24) is 9.78 Å². The van der Waals surface area contributed by atoms with Crippen molar-refractivity contribution in [2.45, 2.75) is 13.0 Å². The Kier molecular flexibility index (Phi) is 6.58. The molecule has 0 aliphatic carbocycles. The molecule has 1 heterocycles. The normalized spacial score (nSPS) is 9.93. The van der Waals surface area contributed by atoms with Gasteiger partial charge in [-0.05, 0) is 36.4 Å². The Morgan fingerprint density at radius 2 is 1.83 bits per heavy atom. The van der Waals surface area contributed by atoms with Crippen LogP contribution in [0.3, 0.4) is 0 Å². The molecule has 29 heavy (non-hydrogen) atoms. The van der Waals surface area contributed by atoms with Crippen molar-refractivity contribution in [3.05, 3.63) is 82.7 Å². The fraction of sp³-hybridized carbons (Fsp3) is 0.143. The first-order chi connectivity index (χ1) is 14.1. The second-order valence-corrected chi connectivity index (χ2v) is 5.87. The van der Waals surface area contributed by atoms with Crippen molar-refractivity contribution >= 4 is 11.7 Å². The highest BCUT2D eigenvalue weighted by Crippen LogP contribution is 2.20. The van der Waals surface area contributed by atoms with Crippen molar-refractivity contribution in [3.8, 4) is 23.3 Å². The fourth-order valence-corrected chi connectivity index (χ4v) is 2.33. The van der Waals surface area contributed by atoms with Crippen LogP contribution in [0.2, 0.25) is 0 Å². The Morgan fingerprint density at radius 1 is 1.10 bits per heavy atom. The van der Waals surface area contributed by atoms with Gasteiger partial charge in [-0.15, -0.1) is 0 Å². The summed E-state index contributed by atoms with van der Waals surface area (Å²) in [4.78, 5) is 21.7. The molecule has 0 atom stereocenters. The number of carbonyl (C=O) groups is 1. The van der Waals surface area contributed by atoms with Crippen molar-refractivity contribution < 1.29 is 19.2 Å². The molecule has 3 aromatic rings. The molecule has 8 nitrogen and oxygen atoms in total. The summed E-state index contributed by atoms with van der Waals surface area (Å²) in [6.07, 6.45) is 2.44. The van der Waals surface area contributed by atoms with E-state index in [4.69, 9.17) is 9.47 Å². The molecule has 0 saturated carbocycles. The third kappa shape index (κ3) is 6.22. The monoisotopic (exact) mass is 391 g/mol. The molecule has 0 fully saturated rings. The largest absolute Gasteiger partial charge is 0.457 e. The quantitative estimate of drug-likeness (QED) is 0.264. The van der Waals surface area contributed by atoms with Crippen molar-refractivity contribution in [1.29, 1.82) is 0 Å². The highest BCUT2D eigenvalue weighted by Gasteiger charge is 2.10. The molecule has 0 aliphatic rings. The number of nitro groups is 1. The lowest BCUT2D eigenvalue weighted by Crippen LogP contribution is -2.09. The van der Waals surface area contributed by atoms with Crippen molar-refractivity contribution in [3.63, 3.8) is 0 Å². The minimum absolute atomic E-state index is 0.0413. The second kappa shape index (κ2) is 9.71. The third-order valence-electron chi connectivity index (χ3n) is 3.75. The smallest absolute Gasteiger partial charge is 0.308 e. The van der Waals surface area contributed by atoms with E-state index in [1.165, 1.54) is 10.9 Å². The highest BCUT2D eigenvalue weighted by molar-refractivity contribution is 5.69. The van der Waals surface area contributed by atoms with Crippen LogP contribution in [0.5, 0.6) is 11.5 Å². The zero-order valence-corrected chi connectivity index (χ0v) is 15.4. The number of ether oxygens (including phenoxy) is 2. The van der Waals surface area contributed by atoms with Gasteiger partial charge in [0.2, 0.25) is 0 Å². The number of nitrogens with zero attached hydrogens (tertiary/aromatic N) is 3. The fourth-order valence-electron chi connectivity index (χ4n) is 2.33. The van der Waals surface area contributed by atoms with E-state index in [1.54, 1.807) is 0 Å². The standard InChI is InChI=1S/C21H17N3O5/c25-21(12-13-23-16-18(15-22-23)24(26)27)28-14-4-5-17-8-10-20(11-9-17)29-19-6-2-1-3-7-19/h1-3,6-11,15-16H,12-14H2. The summed E-state index contributed by atoms with van der Waals surface area (Å²) >= 11 is 0. The summed E-state index contributed by atoms with van der Waals surface area (Å²) in [6.45, 7) is 0.156. The lowest BCUT2D eigenvalue weighted by atomic mass is 10.2. The van der Waals surface area contributed by atoms with Crippen molar-refractivity contribution in [2.24, 2.45) is 0 Å². The topological polar surface area (TPSA) is 96.5 Å². The molecule has 146 valence electrons. The molecule has 0 radical (unpaired) electrons. The van der Waals surface area contributed by atoms with Gasteiger partial charge in [-0.25, -0.2) is 0 Å². The number of hydrogen-bond acceptors (Lipinski definition) is 6. The Morgan fingerprint density at radius 3 is 2.52 bits per heavy atom. The molecule has 0 bridgehead atoms. The molecular formula is C21H17N3O5. The van der Waals surface area contributed by atoms with Crippen LogP contribution < -0.4 is 4.74 Å². The van der Waals surface area contributed by atoms with Gasteiger partial charge in [-0.1, -0.05) is 30.0 Å². The molecule has 8 heteroatoms. The average molecular weight is 391 g/mol. The molecule has 0 N–H and O–H groups in total. The SMILES string of the molecule is O=C(CCn1cc([N+](=O)[O-])cn1)OCC#Cc1ccc(Oc2ccccc2)cc1. The maximum atomic E-state index is 11.7. The Labute approximate surface area is 166 Å². The van der Waals surface area contributed by atoms with E-state index >= 15 is 0 Å². The van der Waals surface area contributed by atoms with E-state index in [0.29, 0.717) is 5.75 Å². The lowest BCUT2D eigenvalue weighted by Gasteiger charge is -2.04. The summed E-state index contributed by atoms with van der Waals surface area (Å²) in [5.74, 6) is 6.68. The van der Waals surface area contributed by atoms with E-state index in [2.05, 4.69) is 16.9 Å². The molecule has 0 amide bonds. The first-order valence-corrected chi connectivity index (χ1v) is 8.74. The number of esters is 1. The summed E-state index contributed by atoms with van der Waals surface area (Å²) in [5, 5.41) is 14.4. The maximum Gasteiger partial charge on any atom is 0.308 e. The molecule has 2 aromatic carbocycles. The molecule has 0 unspecified atom stereocenters. The number of carbonyl (C=O) groups excluding carboxylic acids is 1. The summed E-state index contributed by atoms with van der Waals surface area (Å²) in [5.41, 5.74) is 0.648. The van der Waals surface area contributed by atoms with E-state index in [9.17, 15) is 14.9 Å². The van der Waals surface area contributed by atoms with E-state index in [0.717, 1.165) is 17.5 Å². The zero-order valence-electron chi connectivity index (χ0n) is 15.4. The van der Waals surface area contributed by atoms with E-state index in [1.807, 2.05) is 54.6 Å². The first kappa shape index (κ1) is 19.6. The zero-order chi connectivity index (χ0) is 20.5. The van der Waals surface area contributed by atoms with Crippen LogP contribution in [0.4, 0.5) is 5.69 Å². The van der Waals surface area contributed by atoms with Gasteiger partial charge in [-0.2, -0.15) is 5.10 Å². The predicted molar refractivity (Wildman–Crippen MR) is 104 cm³/mol. The molecule has 0 aliphatic heterocycles. The van der Waals surface area contributed by atoms with Gasteiger partial charge in [0.1, 0.15) is 23.9 Å². The first-order valence-electron chi connectivity index (χ1n) is 8.74. The highest BCUT2D eigenvalue weighted by atomic mass is 16.6. The van der Waals surface area contributed by atoms with Crippen LogP contribution in [-0.4, -0.2) is 27.3 Å². The van der Waals surface area contributed by atoms with E-state index < -0.39 is 10.9 Å². The number of aryl methyl sites for hydroxylation is 1. The van der Waals surface area contributed by atoms with Gasteiger partial charge in [0.05, 0.1) is 17.9 Å². The second-order valence-electron chi connectivity index (χ2n) is 5.87. The molecule has 1 aromatic heterocycles. The van der Waals surface area contributed by atoms with Gasteiger partial charge in [0, 0.05) is 5.56 Å². The summed E-state index contributed by atoms with van der Waals surface area (Å²) < 4.78 is 12.1. The minimum atomic E-state index is -0.544. The van der Waals surface area contributed by atoms with Gasteiger partial charge in [0.15, 0.2) is 6.61 Å². The Bertz CT molecular complexity index is 1030. The van der Waals surface area contributed by atoms with Crippen LogP contribution in [-0.2, 0) is 16.1 Å². The van der Waals surface area contributed by atoms with Gasteiger partial charge >= 0.3 is 11.7 Å². The third-order valence-corrected chi connectivity index (χ3v) is 3.75. The van der Waals surface area contributed by atoms with E-state index in [-0.39, 0.29) is 25.3 Å². The van der Waals surface area contributed by atoms with Gasteiger partial charge in [0.25, 0.3) is 0 Å². The Balaban J connectivity index is 1.41. The number of rotatable bonds is 7. The molecule has 3 rings (SSSR count). The summed E-state index contributed by atoms with van der Waals surface area (Å²) in [6, 6.07) is 16.7. The molecule has 0 spiro atoms. The van der Waals surface area contributed by atoms with Crippen LogP contribution in [0.15, 0.2) is 67.0 Å².